The highest BCUT2D eigenvalue weighted by atomic mass is 19.1. The number of benzene rings is 2. The van der Waals surface area contributed by atoms with Crippen LogP contribution < -0.4 is 10.1 Å². The molecule has 1 amide bonds. The third-order valence-electron chi connectivity index (χ3n) is 3.56. The van der Waals surface area contributed by atoms with E-state index in [1.54, 1.807) is 30.3 Å². The molecule has 0 aliphatic heterocycles. The van der Waals surface area contributed by atoms with E-state index in [1.165, 1.54) is 26.2 Å². The number of rotatable bonds is 7. The molecule has 0 aliphatic carbocycles. The van der Waals surface area contributed by atoms with Gasteiger partial charge in [-0.3, -0.25) is 9.59 Å². The lowest BCUT2D eigenvalue weighted by Crippen LogP contribution is -2.40. The summed E-state index contributed by atoms with van der Waals surface area (Å²) < 4.78 is 23.3. The fourth-order valence-electron chi connectivity index (χ4n) is 2.11. The van der Waals surface area contributed by atoms with Gasteiger partial charge >= 0.3 is 5.97 Å². The zero-order chi connectivity index (χ0) is 19.1. The van der Waals surface area contributed by atoms with Crippen LogP contribution in [0.1, 0.15) is 27.6 Å². The number of methoxy groups -OCH3 is 1. The second kappa shape index (κ2) is 8.75. The maximum absolute atomic E-state index is 13.6. The second-order valence-electron chi connectivity index (χ2n) is 5.44. The minimum atomic E-state index is -0.942. The largest absolute Gasteiger partial charge is 0.494 e. The van der Waals surface area contributed by atoms with Gasteiger partial charge in [-0.2, -0.15) is 0 Å². The Kier molecular flexibility index (Phi) is 6.43. The average Bonchev–Trinajstić information content (AvgIpc) is 2.66. The molecule has 0 aromatic heterocycles. The molecule has 0 heterocycles. The van der Waals surface area contributed by atoms with Crippen molar-refractivity contribution in [1.82, 2.24) is 5.32 Å². The molecule has 0 saturated carbocycles. The molecular formula is C19H18FNO5. The zero-order valence-electron chi connectivity index (χ0n) is 14.3. The van der Waals surface area contributed by atoms with Crippen LogP contribution in [-0.2, 0) is 9.53 Å². The molecule has 2 aromatic rings. The highest BCUT2D eigenvalue weighted by Gasteiger charge is 2.19. The molecule has 26 heavy (non-hydrogen) atoms. The molecule has 0 saturated heterocycles. The van der Waals surface area contributed by atoms with E-state index in [4.69, 9.17) is 9.47 Å². The summed E-state index contributed by atoms with van der Waals surface area (Å²) in [5.41, 5.74) is 0.453. The van der Waals surface area contributed by atoms with Gasteiger partial charge < -0.3 is 14.8 Å². The van der Waals surface area contributed by atoms with Crippen molar-refractivity contribution in [3.63, 3.8) is 0 Å². The number of Topliss-reactive ketones (excluding diaryl/α,β-unsaturated/α-hetero) is 1. The van der Waals surface area contributed by atoms with Crippen LogP contribution in [0.5, 0.6) is 5.75 Å². The molecule has 0 unspecified atom stereocenters. The van der Waals surface area contributed by atoms with Gasteiger partial charge in [-0.1, -0.05) is 18.2 Å². The van der Waals surface area contributed by atoms with Crippen molar-refractivity contribution in [2.24, 2.45) is 0 Å². The fourth-order valence-corrected chi connectivity index (χ4v) is 2.11. The Balaban J connectivity index is 1.88. The SMILES string of the molecule is COc1ccc(C(=O)COC(=O)[C@H](C)NC(=O)c2ccccc2)cc1F. The first-order valence-electron chi connectivity index (χ1n) is 7.81. The molecule has 6 nitrogen and oxygen atoms in total. The monoisotopic (exact) mass is 359 g/mol. The number of carbonyl (C=O) groups excluding carboxylic acids is 3. The van der Waals surface area contributed by atoms with Gasteiger partial charge in [0.05, 0.1) is 7.11 Å². The van der Waals surface area contributed by atoms with Crippen LogP contribution in [0.15, 0.2) is 48.5 Å². The topological polar surface area (TPSA) is 81.7 Å². The molecular weight excluding hydrogens is 341 g/mol. The van der Waals surface area contributed by atoms with E-state index in [1.807, 2.05) is 0 Å². The van der Waals surface area contributed by atoms with Crippen molar-refractivity contribution in [2.75, 3.05) is 13.7 Å². The Hall–Kier alpha value is -3.22. The van der Waals surface area contributed by atoms with E-state index in [9.17, 15) is 18.8 Å². The quantitative estimate of drug-likeness (QED) is 0.606. The van der Waals surface area contributed by atoms with Crippen LogP contribution in [0.25, 0.3) is 0 Å². The summed E-state index contributed by atoms with van der Waals surface area (Å²) in [4.78, 5) is 35.9. The van der Waals surface area contributed by atoms with Crippen LogP contribution in [0.3, 0.4) is 0 Å². The minimum absolute atomic E-state index is 0.00999. The van der Waals surface area contributed by atoms with E-state index >= 15 is 0 Å². The molecule has 0 bridgehead atoms. The number of ether oxygens (including phenoxy) is 2. The van der Waals surface area contributed by atoms with Crippen LogP contribution in [0.4, 0.5) is 4.39 Å². The van der Waals surface area contributed by atoms with Gasteiger partial charge in [0.2, 0.25) is 0 Å². The highest BCUT2D eigenvalue weighted by molar-refractivity contribution is 5.99. The Morgan fingerprint density at radius 1 is 1.08 bits per heavy atom. The molecule has 7 heteroatoms. The van der Waals surface area contributed by atoms with Crippen LogP contribution in [-0.4, -0.2) is 37.4 Å². The van der Waals surface area contributed by atoms with Gasteiger partial charge in [0.1, 0.15) is 6.04 Å². The first kappa shape index (κ1) is 19.1. The van der Waals surface area contributed by atoms with Gasteiger partial charge in [0.25, 0.3) is 5.91 Å². The minimum Gasteiger partial charge on any atom is -0.494 e. The standard InChI is InChI=1S/C19H18FNO5/c1-12(21-18(23)13-6-4-3-5-7-13)19(24)26-11-16(22)14-8-9-17(25-2)15(20)10-14/h3-10,12H,11H2,1-2H3,(H,21,23)/t12-/m0/s1. The van der Waals surface area contributed by atoms with Crippen LogP contribution in [0.2, 0.25) is 0 Å². The molecule has 0 radical (unpaired) electrons. The molecule has 1 atom stereocenters. The van der Waals surface area contributed by atoms with Crippen molar-refractivity contribution in [3.8, 4) is 5.75 Å². The first-order valence-corrected chi connectivity index (χ1v) is 7.81. The maximum Gasteiger partial charge on any atom is 0.328 e. The third-order valence-corrected chi connectivity index (χ3v) is 3.56. The number of nitrogens with one attached hydrogen (secondary N) is 1. The highest BCUT2D eigenvalue weighted by Crippen LogP contribution is 2.18. The Morgan fingerprint density at radius 2 is 1.77 bits per heavy atom. The van der Waals surface area contributed by atoms with Crippen molar-refractivity contribution in [3.05, 3.63) is 65.5 Å². The molecule has 0 spiro atoms. The van der Waals surface area contributed by atoms with E-state index in [0.717, 1.165) is 6.07 Å². The maximum atomic E-state index is 13.6. The molecule has 0 aliphatic rings. The van der Waals surface area contributed by atoms with Crippen molar-refractivity contribution < 1.29 is 28.2 Å². The number of esters is 1. The Morgan fingerprint density at radius 3 is 2.38 bits per heavy atom. The molecule has 2 aromatic carbocycles. The number of hydrogen-bond donors (Lipinski definition) is 1. The van der Waals surface area contributed by atoms with Gasteiger partial charge in [-0.25, -0.2) is 9.18 Å². The van der Waals surface area contributed by atoms with Gasteiger partial charge in [-0.05, 0) is 37.3 Å². The summed E-state index contributed by atoms with van der Waals surface area (Å²) in [7, 11) is 1.31. The van der Waals surface area contributed by atoms with Gasteiger partial charge in [0, 0.05) is 11.1 Å². The fraction of sp³-hybridized carbons (Fsp3) is 0.211. The average molecular weight is 359 g/mol. The number of hydrogen-bond acceptors (Lipinski definition) is 5. The predicted octanol–water partition coefficient (Wildman–Crippen LogP) is 2.38. The van der Waals surface area contributed by atoms with Crippen molar-refractivity contribution >= 4 is 17.7 Å². The zero-order valence-corrected chi connectivity index (χ0v) is 14.3. The van der Waals surface area contributed by atoms with Crippen LogP contribution >= 0.6 is 0 Å². The number of carbonyl (C=O) groups is 3. The van der Waals surface area contributed by atoms with E-state index < -0.39 is 36.1 Å². The summed E-state index contributed by atoms with van der Waals surface area (Å²) in [6, 6.07) is 11.1. The number of amides is 1. The summed E-state index contributed by atoms with van der Waals surface area (Å²) in [6.45, 7) is 0.886. The molecule has 1 N–H and O–H groups in total. The second-order valence-corrected chi connectivity index (χ2v) is 5.44. The smallest absolute Gasteiger partial charge is 0.328 e. The predicted molar refractivity (Wildman–Crippen MR) is 91.6 cm³/mol. The van der Waals surface area contributed by atoms with Gasteiger partial charge in [0.15, 0.2) is 24.0 Å². The van der Waals surface area contributed by atoms with E-state index in [-0.39, 0.29) is 11.3 Å². The van der Waals surface area contributed by atoms with Crippen molar-refractivity contribution in [1.29, 1.82) is 0 Å². The number of ketones is 1. The lowest BCUT2D eigenvalue weighted by atomic mass is 10.1. The lowest BCUT2D eigenvalue weighted by molar-refractivity contribution is -0.144. The lowest BCUT2D eigenvalue weighted by Gasteiger charge is -2.13. The molecule has 2 rings (SSSR count). The Bertz CT molecular complexity index is 807. The van der Waals surface area contributed by atoms with E-state index in [0.29, 0.717) is 5.56 Å². The first-order chi connectivity index (χ1) is 12.4. The van der Waals surface area contributed by atoms with Crippen LogP contribution in [0, 0.1) is 5.82 Å². The molecule has 0 fully saturated rings. The van der Waals surface area contributed by atoms with Gasteiger partial charge in [-0.15, -0.1) is 0 Å². The summed E-state index contributed by atoms with van der Waals surface area (Å²) in [5, 5.41) is 2.48. The normalized spacial score (nSPS) is 11.3. The number of halogens is 1. The van der Waals surface area contributed by atoms with Crippen molar-refractivity contribution in [2.45, 2.75) is 13.0 Å². The third kappa shape index (κ3) is 4.89. The summed E-state index contributed by atoms with van der Waals surface area (Å²) in [5.74, 6) is -2.44. The summed E-state index contributed by atoms with van der Waals surface area (Å²) in [6.07, 6.45) is 0. The molecule has 136 valence electrons. The Labute approximate surface area is 149 Å². The van der Waals surface area contributed by atoms with E-state index in [2.05, 4.69) is 5.32 Å². The summed E-state index contributed by atoms with van der Waals surface area (Å²) >= 11 is 0.